The summed E-state index contributed by atoms with van der Waals surface area (Å²) in [4.78, 5) is 0. The van der Waals surface area contributed by atoms with Crippen LogP contribution in [0.5, 0.6) is 0 Å². The fourth-order valence-electron chi connectivity index (χ4n) is 11.6. The molecule has 434 valence electrons. The molecule has 4 aromatic heterocycles. The second kappa shape index (κ2) is 28.0. The zero-order valence-electron chi connectivity index (χ0n) is 59.0. The van der Waals surface area contributed by atoms with Crippen molar-refractivity contribution in [2.45, 2.75) is 76.0 Å². The summed E-state index contributed by atoms with van der Waals surface area (Å²) >= 11 is 0. The van der Waals surface area contributed by atoms with Crippen molar-refractivity contribution < 1.29 is 26.5 Å². The van der Waals surface area contributed by atoms with Crippen LogP contribution in [0.1, 0.15) is 69.4 Å². The first-order valence-corrected chi connectivity index (χ1v) is 29.9. The molecule has 87 heavy (non-hydrogen) atoms. The van der Waals surface area contributed by atoms with Crippen molar-refractivity contribution >= 4 is 0 Å². The number of pyridine rings is 4. The Morgan fingerprint density at radius 2 is 0.483 bits per heavy atom. The van der Waals surface area contributed by atoms with Crippen molar-refractivity contribution in [2.75, 3.05) is 0 Å². The maximum absolute atomic E-state index is 7.57. The Morgan fingerprint density at radius 3 is 0.782 bits per heavy atom. The molecular formula is C83H86N4+4. The van der Waals surface area contributed by atoms with Crippen LogP contribution < -0.4 is 18.3 Å². The van der Waals surface area contributed by atoms with Gasteiger partial charge in [0.15, 0.2) is 24.8 Å². The van der Waals surface area contributed by atoms with E-state index < -0.39 is 13.7 Å². The van der Waals surface area contributed by atoms with Crippen LogP contribution in [0.15, 0.2) is 249 Å². The SMILES string of the molecule is Cc1ccc(-c2cc(C)c(-c3ccccc3)c[n+]2C)c(C)c1.Cc1ccc(-c2cc(C)c(-c3ccccc3)c[n+]2C)c(C)c1.[2H]C([2H])([2H])c1ccc(-c2cc(C)c(-c3ccccc3)c[n+]2C)c(C)c1.[2H]C([2H])([2H])c1ccc(-c2ccc(-c3ccccc3)c[n+]2C)c(C)c1. The molecule has 8 aromatic carbocycles. The maximum atomic E-state index is 7.57. The maximum Gasteiger partial charge on any atom is 0.212 e. The smallest absolute Gasteiger partial charge is 0.200 e. The van der Waals surface area contributed by atoms with Gasteiger partial charge in [0.2, 0.25) is 22.8 Å². The average molecular weight is 1150 g/mol. The van der Waals surface area contributed by atoms with Gasteiger partial charge in [-0.3, -0.25) is 0 Å². The fourth-order valence-corrected chi connectivity index (χ4v) is 11.6. The minimum atomic E-state index is -2.07. The van der Waals surface area contributed by atoms with E-state index in [0.29, 0.717) is 11.1 Å². The number of hydrogen-bond acceptors (Lipinski definition) is 0. The van der Waals surface area contributed by atoms with E-state index in [1.807, 2.05) is 76.5 Å². The van der Waals surface area contributed by atoms with Gasteiger partial charge in [-0.25, -0.2) is 18.3 Å². The molecule has 0 bridgehead atoms. The van der Waals surface area contributed by atoms with Crippen LogP contribution in [0.25, 0.3) is 89.5 Å². The summed E-state index contributed by atoms with van der Waals surface area (Å²) < 4.78 is 54.0. The predicted octanol–water partition coefficient (Wildman–Crippen LogP) is 18.8. The highest BCUT2D eigenvalue weighted by molar-refractivity contribution is 5.73. The van der Waals surface area contributed by atoms with Crippen LogP contribution in [0.2, 0.25) is 0 Å². The lowest BCUT2D eigenvalue weighted by atomic mass is 9.97. The molecular weight excluding hydrogens is 1050 g/mol. The standard InChI is InChI=1S/3C21H22N.C20H20N/c3*1-15-10-11-19(16(2)12-15)21-13-17(3)20(14-22(21)4)18-8-6-5-7-9-18;1-15-9-11-19(16(2)13-15)20-12-10-18(14-21(20)3)17-7-5-4-6-8-17/h3*5-14H,1-4H3;4-14H,1-3H3/q4*+1/i1D3;;;1D3. The Kier molecular flexibility index (Phi) is 17.4. The highest BCUT2D eigenvalue weighted by atomic mass is 14.9. The Morgan fingerprint density at radius 1 is 0.218 bits per heavy atom. The van der Waals surface area contributed by atoms with E-state index in [0.717, 1.165) is 39.2 Å². The Balaban J connectivity index is 0.000000146. The quantitative estimate of drug-likeness (QED) is 0.135. The second-order valence-electron chi connectivity index (χ2n) is 23.2. The fraction of sp³-hybridized carbons (Fsp3) is 0.181. The van der Waals surface area contributed by atoms with E-state index >= 15 is 0 Å². The first-order chi connectivity index (χ1) is 44.2. The van der Waals surface area contributed by atoms with Crippen molar-refractivity contribution in [1.29, 1.82) is 0 Å². The minimum absolute atomic E-state index is 0.382. The Labute approximate surface area is 528 Å². The van der Waals surface area contributed by atoms with Crippen LogP contribution in [-0.2, 0) is 28.2 Å². The van der Waals surface area contributed by atoms with E-state index in [2.05, 4.69) is 257 Å². The summed E-state index contributed by atoms with van der Waals surface area (Å²) in [5.74, 6) is 0. The third-order valence-corrected chi connectivity index (χ3v) is 16.3. The van der Waals surface area contributed by atoms with E-state index in [1.54, 1.807) is 24.3 Å². The molecule has 0 radical (unpaired) electrons. The van der Waals surface area contributed by atoms with Crippen LogP contribution in [0.3, 0.4) is 0 Å². The molecule has 0 atom stereocenters. The monoisotopic (exact) mass is 1140 g/mol. The highest BCUT2D eigenvalue weighted by Gasteiger charge is 2.20. The molecule has 0 saturated carbocycles. The molecule has 4 heteroatoms. The molecule has 12 rings (SSSR count). The first-order valence-electron chi connectivity index (χ1n) is 32.9. The van der Waals surface area contributed by atoms with Gasteiger partial charge >= 0.3 is 0 Å². The van der Waals surface area contributed by atoms with Crippen molar-refractivity contribution in [3.8, 4) is 89.5 Å². The number of benzene rings is 8. The Bertz CT molecular complexity index is 4450. The van der Waals surface area contributed by atoms with E-state index in [1.165, 1.54) is 100 Å². The first kappa shape index (κ1) is 54.0. The lowest BCUT2D eigenvalue weighted by Crippen LogP contribution is -2.31. The zero-order valence-corrected chi connectivity index (χ0v) is 53.0. The van der Waals surface area contributed by atoms with Crippen molar-refractivity contribution in [3.63, 3.8) is 0 Å². The van der Waals surface area contributed by atoms with Gasteiger partial charge in [-0.2, -0.15) is 0 Å². The third kappa shape index (κ3) is 15.1. The molecule has 0 unspecified atom stereocenters. The molecule has 0 fully saturated rings. The predicted molar refractivity (Wildman–Crippen MR) is 366 cm³/mol. The van der Waals surface area contributed by atoms with E-state index in [4.69, 9.17) is 8.22 Å². The van der Waals surface area contributed by atoms with Crippen LogP contribution in [0.4, 0.5) is 0 Å². The van der Waals surface area contributed by atoms with Crippen molar-refractivity contribution in [1.82, 2.24) is 0 Å². The van der Waals surface area contributed by atoms with Crippen LogP contribution in [0, 0.1) is 76.0 Å². The normalized spacial score (nSPS) is 12.0. The van der Waals surface area contributed by atoms with E-state index in [9.17, 15) is 0 Å². The van der Waals surface area contributed by atoms with Gasteiger partial charge in [0.25, 0.3) is 0 Å². The number of aromatic nitrogens is 4. The molecule has 0 saturated heterocycles. The summed E-state index contributed by atoms with van der Waals surface area (Å²) in [6, 6.07) is 76.7. The molecule has 4 nitrogen and oxygen atoms in total. The molecule has 0 N–H and O–H groups in total. The summed E-state index contributed by atoms with van der Waals surface area (Å²) in [6.45, 7) is 14.9. The largest absolute Gasteiger partial charge is 0.212 e. The summed E-state index contributed by atoms with van der Waals surface area (Å²) in [5.41, 5.74) is 30.9. The molecule has 0 aliphatic heterocycles. The van der Waals surface area contributed by atoms with Gasteiger partial charge in [0.1, 0.15) is 28.2 Å². The van der Waals surface area contributed by atoms with Gasteiger partial charge in [0, 0.05) is 77.0 Å². The third-order valence-electron chi connectivity index (χ3n) is 16.3. The number of nitrogens with zero attached hydrogens (tertiary/aromatic N) is 4. The van der Waals surface area contributed by atoms with Gasteiger partial charge < -0.3 is 0 Å². The van der Waals surface area contributed by atoms with Crippen LogP contribution >= 0.6 is 0 Å². The second-order valence-corrected chi connectivity index (χ2v) is 23.2. The van der Waals surface area contributed by atoms with E-state index in [-0.39, 0.29) is 0 Å². The number of aryl methyl sites for hydroxylation is 15. The number of hydrogen-bond donors (Lipinski definition) is 0. The average Bonchev–Trinajstić information content (AvgIpc) is 0.856. The zero-order chi connectivity index (χ0) is 66.9. The molecule has 0 spiro atoms. The minimum Gasteiger partial charge on any atom is -0.200 e. The van der Waals surface area contributed by atoms with Gasteiger partial charge in [-0.1, -0.05) is 192 Å². The summed E-state index contributed by atoms with van der Waals surface area (Å²) in [7, 11) is 8.29. The van der Waals surface area contributed by atoms with Crippen molar-refractivity contribution in [3.05, 3.63) is 310 Å². The van der Waals surface area contributed by atoms with Crippen LogP contribution in [-0.4, -0.2) is 0 Å². The molecule has 0 amide bonds. The lowest BCUT2D eigenvalue weighted by molar-refractivity contribution is -0.660. The molecule has 0 aliphatic carbocycles. The van der Waals surface area contributed by atoms with Gasteiger partial charge in [-0.05, 0) is 168 Å². The lowest BCUT2D eigenvalue weighted by Gasteiger charge is -2.10. The highest BCUT2D eigenvalue weighted by Crippen LogP contribution is 2.31. The number of rotatable bonds is 8. The van der Waals surface area contributed by atoms with Gasteiger partial charge in [-0.15, -0.1) is 0 Å². The summed E-state index contributed by atoms with van der Waals surface area (Å²) in [5, 5.41) is 0. The van der Waals surface area contributed by atoms with Crippen molar-refractivity contribution in [2.24, 2.45) is 28.2 Å². The molecule has 12 aromatic rings. The molecule has 0 aliphatic rings. The topological polar surface area (TPSA) is 15.5 Å². The summed E-state index contributed by atoms with van der Waals surface area (Å²) in [6.07, 6.45) is 8.71. The van der Waals surface area contributed by atoms with Gasteiger partial charge in [0.05, 0.1) is 0 Å². The Hall–Kier alpha value is -9.64. The molecule has 4 heterocycles.